The summed E-state index contributed by atoms with van der Waals surface area (Å²) in [6, 6.07) is 7.18. The van der Waals surface area contributed by atoms with Crippen LogP contribution in [0.15, 0.2) is 24.3 Å². The van der Waals surface area contributed by atoms with E-state index in [0.29, 0.717) is 47.3 Å². The second-order valence-corrected chi connectivity index (χ2v) is 8.84. The quantitative estimate of drug-likeness (QED) is 0.672. The van der Waals surface area contributed by atoms with Crippen molar-refractivity contribution in [2.75, 3.05) is 18.1 Å². The average molecular weight is 417 g/mol. The van der Waals surface area contributed by atoms with Crippen molar-refractivity contribution in [3.8, 4) is 0 Å². The number of aliphatic hydroxyl groups is 2. The van der Waals surface area contributed by atoms with E-state index in [1.807, 2.05) is 49.9 Å². The van der Waals surface area contributed by atoms with Gasteiger partial charge >= 0.3 is 0 Å². The highest BCUT2D eigenvalue weighted by atomic mass is 35.5. The van der Waals surface area contributed by atoms with Crippen molar-refractivity contribution in [3.05, 3.63) is 40.7 Å². The van der Waals surface area contributed by atoms with Gasteiger partial charge in [0, 0.05) is 17.0 Å². The minimum atomic E-state index is -0.610. The van der Waals surface area contributed by atoms with Crippen LogP contribution in [0.3, 0.4) is 0 Å². The van der Waals surface area contributed by atoms with Gasteiger partial charge < -0.3 is 15.1 Å². The molecule has 9 heteroatoms. The summed E-state index contributed by atoms with van der Waals surface area (Å²) in [6.07, 6.45) is -0.0451. The van der Waals surface area contributed by atoms with Gasteiger partial charge in [-0.15, -0.1) is 5.10 Å². The minimum Gasteiger partial charge on any atom is -0.394 e. The third kappa shape index (κ3) is 3.68. The summed E-state index contributed by atoms with van der Waals surface area (Å²) in [5.41, 5.74) is 1.79. The van der Waals surface area contributed by atoms with Crippen LogP contribution < -0.4 is 4.90 Å². The first-order chi connectivity index (χ1) is 13.8. The highest BCUT2D eigenvalue weighted by Crippen LogP contribution is 2.32. The van der Waals surface area contributed by atoms with Crippen molar-refractivity contribution in [1.29, 1.82) is 0 Å². The highest BCUT2D eigenvalue weighted by Gasteiger charge is 2.36. The smallest absolute Gasteiger partial charge is 0.184 e. The van der Waals surface area contributed by atoms with Crippen LogP contribution in [0.2, 0.25) is 5.02 Å². The molecule has 1 aliphatic heterocycles. The van der Waals surface area contributed by atoms with Crippen molar-refractivity contribution >= 4 is 28.6 Å². The van der Waals surface area contributed by atoms with Crippen molar-refractivity contribution in [2.45, 2.75) is 51.3 Å². The number of hydrogen-bond donors (Lipinski definition) is 2. The number of aromatic nitrogens is 5. The zero-order chi connectivity index (χ0) is 20.8. The number of aliphatic hydroxyl groups excluding tert-OH is 2. The van der Waals surface area contributed by atoms with Gasteiger partial charge in [0.25, 0.3) is 0 Å². The summed E-state index contributed by atoms with van der Waals surface area (Å²) >= 11 is 6.33. The first-order valence-electron chi connectivity index (χ1n) is 9.70. The Hall–Kier alpha value is -2.29. The Bertz CT molecular complexity index is 1030. The van der Waals surface area contributed by atoms with E-state index in [4.69, 9.17) is 21.6 Å². The molecular weight excluding hydrogens is 392 g/mol. The number of rotatable bonds is 4. The van der Waals surface area contributed by atoms with Crippen LogP contribution in [-0.2, 0) is 12.0 Å². The first-order valence-corrected chi connectivity index (χ1v) is 10.1. The molecule has 3 aromatic rings. The second-order valence-electron chi connectivity index (χ2n) is 8.43. The van der Waals surface area contributed by atoms with Crippen LogP contribution in [0.1, 0.15) is 38.6 Å². The molecule has 0 spiro atoms. The molecule has 154 valence electrons. The molecule has 0 bridgehead atoms. The number of halogens is 1. The van der Waals surface area contributed by atoms with Crippen LogP contribution in [0.5, 0.6) is 0 Å². The number of hydrogen-bond acceptors (Lipinski definition) is 7. The molecule has 1 fully saturated rings. The molecule has 8 nitrogen and oxygen atoms in total. The van der Waals surface area contributed by atoms with Gasteiger partial charge in [-0.3, -0.25) is 0 Å². The van der Waals surface area contributed by atoms with E-state index < -0.39 is 12.1 Å². The molecule has 0 aliphatic carbocycles. The third-order valence-electron chi connectivity index (χ3n) is 5.26. The van der Waals surface area contributed by atoms with Gasteiger partial charge in [0.2, 0.25) is 0 Å². The van der Waals surface area contributed by atoms with Crippen molar-refractivity contribution in [2.24, 2.45) is 0 Å². The number of nitrogens with zero attached hydrogens (tertiary/aromatic N) is 6. The zero-order valence-corrected chi connectivity index (χ0v) is 17.5. The van der Waals surface area contributed by atoms with Gasteiger partial charge in [0.1, 0.15) is 5.82 Å². The normalized spacial score (nSPS) is 20.0. The molecule has 29 heavy (non-hydrogen) atoms. The Morgan fingerprint density at radius 1 is 1.21 bits per heavy atom. The zero-order valence-electron chi connectivity index (χ0n) is 16.7. The molecule has 1 aromatic carbocycles. The van der Waals surface area contributed by atoms with Crippen LogP contribution in [-0.4, -0.2) is 60.5 Å². The molecule has 0 amide bonds. The van der Waals surface area contributed by atoms with E-state index >= 15 is 0 Å². The molecule has 4 rings (SSSR count). The lowest BCUT2D eigenvalue weighted by atomic mass is 9.95. The number of fused-ring (bicyclic) bond motifs is 1. The summed E-state index contributed by atoms with van der Waals surface area (Å²) < 4.78 is 1.72. The van der Waals surface area contributed by atoms with E-state index in [1.54, 1.807) is 4.68 Å². The van der Waals surface area contributed by atoms with Crippen LogP contribution in [0.4, 0.5) is 5.82 Å². The Morgan fingerprint density at radius 3 is 2.66 bits per heavy atom. The van der Waals surface area contributed by atoms with E-state index in [-0.39, 0.29) is 12.0 Å². The van der Waals surface area contributed by atoms with Gasteiger partial charge in [-0.1, -0.05) is 55.8 Å². The largest absolute Gasteiger partial charge is 0.394 e. The highest BCUT2D eigenvalue weighted by molar-refractivity contribution is 6.31. The van der Waals surface area contributed by atoms with E-state index in [9.17, 15) is 10.2 Å². The summed E-state index contributed by atoms with van der Waals surface area (Å²) in [7, 11) is 0. The van der Waals surface area contributed by atoms with Gasteiger partial charge in [-0.2, -0.15) is 0 Å². The summed E-state index contributed by atoms with van der Waals surface area (Å²) in [4.78, 5) is 11.5. The SMILES string of the molecule is CC(C)(C)c1nc(N2CC[C@H](O)[C@@H]2CO)c2nnn(Cc3ccccc3Cl)c2n1. The Kier molecular flexibility index (Phi) is 5.18. The van der Waals surface area contributed by atoms with Crippen molar-refractivity contribution < 1.29 is 10.2 Å². The lowest BCUT2D eigenvalue weighted by Crippen LogP contribution is -2.39. The maximum atomic E-state index is 10.3. The van der Waals surface area contributed by atoms with E-state index in [2.05, 4.69) is 10.3 Å². The summed E-state index contributed by atoms with van der Waals surface area (Å²) in [6.45, 7) is 6.99. The second kappa shape index (κ2) is 7.51. The third-order valence-corrected chi connectivity index (χ3v) is 5.63. The van der Waals surface area contributed by atoms with Crippen LogP contribution in [0, 0.1) is 0 Å². The fourth-order valence-corrected chi connectivity index (χ4v) is 3.79. The Labute approximate surface area is 174 Å². The standard InChI is InChI=1S/C20H25ClN6O2/c1-20(2,3)19-22-17(26-9-8-15(29)14(26)11-28)16-18(23-19)27(25-24-16)10-12-6-4-5-7-13(12)21/h4-7,14-15,28-29H,8-11H2,1-3H3/t14-,15-/m0/s1. The number of benzene rings is 1. The lowest BCUT2D eigenvalue weighted by Gasteiger charge is -2.27. The molecule has 0 radical (unpaired) electrons. The average Bonchev–Trinajstić information content (AvgIpc) is 3.25. The Balaban J connectivity index is 1.86. The predicted molar refractivity (Wildman–Crippen MR) is 111 cm³/mol. The van der Waals surface area contributed by atoms with Crippen molar-refractivity contribution in [1.82, 2.24) is 25.0 Å². The van der Waals surface area contributed by atoms with E-state index in [1.165, 1.54) is 0 Å². The number of anilines is 1. The first kappa shape index (κ1) is 20.0. The fourth-order valence-electron chi connectivity index (χ4n) is 3.59. The molecule has 3 heterocycles. The summed E-state index contributed by atoms with van der Waals surface area (Å²) in [5.74, 6) is 1.25. The van der Waals surface area contributed by atoms with E-state index in [0.717, 1.165) is 5.56 Å². The predicted octanol–water partition coefficient (Wildman–Crippen LogP) is 2.15. The topological polar surface area (TPSA) is 100 Å². The maximum Gasteiger partial charge on any atom is 0.184 e. The van der Waals surface area contributed by atoms with Crippen LogP contribution in [0.25, 0.3) is 11.2 Å². The molecule has 0 unspecified atom stereocenters. The molecule has 0 saturated carbocycles. The van der Waals surface area contributed by atoms with Crippen molar-refractivity contribution in [3.63, 3.8) is 0 Å². The van der Waals surface area contributed by atoms with Gasteiger partial charge in [-0.05, 0) is 18.1 Å². The monoisotopic (exact) mass is 416 g/mol. The molecule has 1 aliphatic rings. The lowest BCUT2D eigenvalue weighted by molar-refractivity contribution is 0.128. The molecule has 2 aromatic heterocycles. The fraction of sp³-hybridized carbons (Fsp3) is 0.500. The molecule has 1 saturated heterocycles. The molecule has 2 atom stereocenters. The molecular formula is C20H25ClN6O2. The Morgan fingerprint density at radius 2 is 1.97 bits per heavy atom. The maximum absolute atomic E-state index is 10.3. The summed E-state index contributed by atoms with van der Waals surface area (Å²) in [5, 5.41) is 29.4. The van der Waals surface area contributed by atoms with Crippen LogP contribution >= 0.6 is 11.6 Å². The van der Waals surface area contributed by atoms with Gasteiger partial charge in [0.05, 0.1) is 25.3 Å². The van der Waals surface area contributed by atoms with Gasteiger partial charge in [0.15, 0.2) is 17.0 Å². The minimum absolute atomic E-state index is 0.161. The molecule has 2 N–H and O–H groups in total. The van der Waals surface area contributed by atoms with Gasteiger partial charge in [-0.25, -0.2) is 14.6 Å².